The maximum absolute atomic E-state index is 13.3. The minimum atomic E-state index is -3.47. The molecule has 1 fully saturated rings. The van der Waals surface area contributed by atoms with Gasteiger partial charge in [0.25, 0.3) is 0 Å². The molecule has 4 rings (SSSR count). The monoisotopic (exact) mass is 439 g/mol. The van der Waals surface area contributed by atoms with Gasteiger partial charge in [0, 0.05) is 25.3 Å². The van der Waals surface area contributed by atoms with Gasteiger partial charge in [-0.15, -0.1) is 0 Å². The van der Waals surface area contributed by atoms with Crippen LogP contribution in [0.1, 0.15) is 41.5 Å². The summed E-state index contributed by atoms with van der Waals surface area (Å²) >= 11 is 0. The summed E-state index contributed by atoms with van der Waals surface area (Å²) in [6.07, 6.45) is 3.42. The van der Waals surface area contributed by atoms with Gasteiger partial charge in [0.2, 0.25) is 10.0 Å². The van der Waals surface area contributed by atoms with Crippen LogP contribution in [0.2, 0.25) is 0 Å². The lowest BCUT2D eigenvalue weighted by atomic mass is 9.80. The van der Waals surface area contributed by atoms with Gasteiger partial charge in [-0.25, -0.2) is 8.42 Å². The van der Waals surface area contributed by atoms with E-state index in [9.17, 15) is 8.42 Å². The molecule has 5 nitrogen and oxygen atoms in total. The first kappa shape index (κ1) is 22.2. The molecule has 0 saturated carbocycles. The van der Waals surface area contributed by atoms with Gasteiger partial charge in [-0.1, -0.05) is 35.9 Å². The molecule has 2 heterocycles. The number of aliphatic imine (C=N–C) groups is 1. The molecule has 0 unspecified atom stereocenters. The minimum Gasteiger partial charge on any atom is -0.304 e. The third kappa shape index (κ3) is 4.76. The zero-order chi connectivity index (χ0) is 22.1. The first-order valence-corrected chi connectivity index (χ1v) is 12.7. The number of benzene rings is 2. The van der Waals surface area contributed by atoms with E-state index in [1.807, 2.05) is 19.9 Å². The van der Waals surface area contributed by atoms with Crippen molar-refractivity contribution in [3.05, 3.63) is 64.7 Å². The molecule has 0 atom stereocenters. The van der Waals surface area contributed by atoms with Crippen molar-refractivity contribution in [2.45, 2.75) is 56.9 Å². The van der Waals surface area contributed by atoms with Crippen molar-refractivity contribution >= 4 is 15.7 Å². The summed E-state index contributed by atoms with van der Waals surface area (Å²) in [6, 6.07) is 14.2. The third-order valence-corrected chi connectivity index (χ3v) is 8.45. The number of rotatable bonds is 5. The molecule has 1 spiro atoms. The number of nitrogens with one attached hydrogen (secondary N) is 1. The Morgan fingerprint density at radius 3 is 2.35 bits per heavy atom. The quantitative estimate of drug-likeness (QED) is 0.771. The number of piperidine rings is 1. The van der Waals surface area contributed by atoms with Crippen molar-refractivity contribution in [2.75, 3.05) is 26.2 Å². The Morgan fingerprint density at radius 2 is 1.68 bits per heavy atom. The predicted molar refractivity (Wildman–Crippen MR) is 126 cm³/mol. The molecule has 0 aliphatic carbocycles. The van der Waals surface area contributed by atoms with Crippen LogP contribution in [0, 0.1) is 20.8 Å². The predicted octanol–water partition coefficient (Wildman–Crippen LogP) is 3.81. The van der Waals surface area contributed by atoms with Gasteiger partial charge in [-0.2, -0.15) is 4.31 Å². The Labute approximate surface area is 186 Å². The van der Waals surface area contributed by atoms with Gasteiger partial charge in [0.1, 0.15) is 0 Å². The van der Waals surface area contributed by atoms with Crippen LogP contribution in [0.5, 0.6) is 0 Å². The highest BCUT2D eigenvalue weighted by Crippen LogP contribution is 2.31. The Morgan fingerprint density at radius 1 is 0.968 bits per heavy atom. The Kier molecular flexibility index (Phi) is 6.33. The van der Waals surface area contributed by atoms with Crippen LogP contribution in [0.25, 0.3) is 0 Å². The molecule has 31 heavy (non-hydrogen) atoms. The van der Waals surface area contributed by atoms with Crippen LogP contribution >= 0.6 is 0 Å². The number of hydrogen-bond donors (Lipinski definition) is 1. The molecule has 2 aliphatic rings. The second-order valence-electron chi connectivity index (χ2n) is 9.05. The standard InChI is InChI=1S/C25H33N3O2S/c1-19-5-4-6-22(16-19)7-8-24-25(27-12-11-26-24)9-13-28(14-10-25)31(29,30)23-17-20(2)15-21(3)18-23/h4-6,15-18,27H,7-14H2,1-3H3. The zero-order valence-corrected chi connectivity index (χ0v) is 19.6. The fourth-order valence-corrected chi connectivity index (χ4v) is 6.62. The minimum absolute atomic E-state index is 0.170. The van der Waals surface area contributed by atoms with E-state index < -0.39 is 10.0 Å². The summed E-state index contributed by atoms with van der Waals surface area (Å²) in [5.74, 6) is 0. The summed E-state index contributed by atoms with van der Waals surface area (Å²) < 4.78 is 28.2. The van der Waals surface area contributed by atoms with Crippen molar-refractivity contribution in [1.82, 2.24) is 9.62 Å². The molecular weight excluding hydrogens is 406 g/mol. The molecule has 1 saturated heterocycles. The van der Waals surface area contributed by atoms with Crippen LogP contribution < -0.4 is 5.32 Å². The molecule has 0 bridgehead atoms. The fourth-order valence-electron chi connectivity index (χ4n) is 4.99. The molecule has 166 valence electrons. The van der Waals surface area contributed by atoms with Crippen molar-refractivity contribution in [2.24, 2.45) is 4.99 Å². The SMILES string of the molecule is Cc1cccc(CCC2=NCCNC23CCN(S(=O)(=O)c2cc(C)cc(C)c2)CC3)c1. The number of nitrogens with zero attached hydrogens (tertiary/aromatic N) is 2. The van der Waals surface area contributed by atoms with Crippen LogP contribution in [-0.2, 0) is 16.4 Å². The Balaban J connectivity index is 1.47. The van der Waals surface area contributed by atoms with E-state index in [-0.39, 0.29) is 5.54 Å². The normalized spacial score (nSPS) is 19.4. The Bertz CT molecular complexity index is 1060. The molecule has 2 aliphatic heterocycles. The molecule has 2 aromatic rings. The molecule has 1 N–H and O–H groups in total. The summed E-state index contributed by atoms with van der Waals surface area (Å²) in [6.45, 7) is 8.71. The van der Waals surface area contributed by atoms with E-state index in [1.54, 1.807) is 16.4 Å². The van der Waals surface area contributed by atoms with E-state index in [4.69, 9.17) is 4.99 Å². The van der Waals surface area contributed by atoms with Crippen molar-refractivity contribution in [3.8, 4) is 0 Å². The summed E-state index contributed by atoms with van der Waals surface area (Å²) in [5.41, 5.74) is 5.61. The highest BCUT2D eigenvalue weighted by molar-refractivity contribution is 7.89. The van der Waals surface area contributed by atoms with Crippen molar-refractivity contribution in [3.63, 3.8) is 0 Å². The average Bonchev–Trinajstić information content (AvgIpc) is 2.73. The summed E-state index contributed by atoms with van der Waals surface area (Å²) in [7, 11) is -3.47. The van der Waals surface area contributed by atoms with Crippen molar-refractivity contribution in [1.29, 1.82) is 0 Å². The van der Waals surface area contributed by atoms with Gasteiger partial charge in [-0.05, 0) is 75.3 Å². The molecule has 2 aromatic carbocycles. The lowest BCUT2D eigenvalue weighted by Gasteiger charge is -2.44. The molecule has 6 heteroatoms. The number of hydrogen-bond acceptors (Lipinski definition) is 4. The highest BCUT2D eigenvalue weighted by atomic mass is 32.2. The largest absolute Gasteiger partial charge is 0.304 e. The smallest absolute Gasteiger partial charge is 0.243 e. The molecule has 0 aromatic heterocycles. The molecular formula is C25H33N3O2S. The van der Waals surface area contributed by atoms with E-state index in [1.165, 1.54) is 16.8 Å². The van der Waals surface area contributed by atoms with Crippen LogP contribution in [-0.4, -0.2) is 50.2 Å². The molecule has 0 radical (unpaired) electrons. The lowest BCUT2D eigenvalue weighted by molar-refractivity contribution is 0.243. The van der Waals surface area contributed by atoms with Gasteiger partial charge in [0.15, 0.2) is 0 Å². The van der Waals surface area contributed by atoms with E-state index >= 15 is 0 Å². The fraction of sp³-hybridized carbons (Fsp3) is 0.480. The average molecular weight is 440 g/mol. The van der Waals surface area contributed by atoms with E-state index in [0.29, 0.717) is 18.0 Å². The van der Waals surface area contributed by atoms with E-state index in [0.717, 1.165) is 49.9 Å². The topological polar surface area (TPSA) is 61.8 Å². The van der Waals surface area contributed by atoms with Crippen LogP contribution in [0.3, 0.4) is 0 Å². The van der Waals surface area contributed by atoms with Crippen molar-refractivity contribution < 1.29 is 8.42 Å². The molecule has 0 amide bonds. The zero-order valence-electron chi connectivity index (χ0n) is 18.8. The maximum atomic E-state index is 13.3. The highest BCUT2D eigenvalue weighted by Gasteiger charge is 2.42. The third-order valence-electron chi connectivity index (χ3n) is 6.57. The first-order chi connectivity index (χ1) is 14.8. The first-order valence-electron chi connectivity index (χ1n) is 11.2. The van der Waals surface area contributed by atoms with Gasteiger partial charge >= 0.3 is 0 Å². The Hall–Kier alpha value is -2.02. The van der Waals surface area contributed by atoms with Gasteiger partial charge in [-0.3, -0.25) is 4.99 Å². The second-order valence-corrected chi connectivity index (χ2v) is 11.0. The number of aryl methyl sites for hydroxylation is 4. The van der Waals surface area contributed by atoms with E-state index in [2.05, 4.69) is 36.5 Å². The van der Waals surface area contributed by atoms with Crippen LogP contribution in [0.15, 0.2) is 52.4 Å². The maximum Gasteiger partial charge on any atom is 0.243 e. The van der Waals surface area contributed by atoms with Crippen LogP contribution in [0.4, 0.5) is 0 Å². The summed E-state index contributed by atoms with van der Waals surface area (Å²) in [5, 5.41) is 3.71. The van der Waals surface area contributed by atoms with Gasteiger partial charge < -0.3 is 5.32 Å². The summed E-state index contributed by atoms with van der Waals surface area (Å²) in [4.78, 5) is 5.31. The second kappa shape index (κ2) is 8.85. The lowest BCUT2D eigenvalue weighted by Crippen LogP contribution is -2.61. The van der Waals surface area contributed by atoms with Gasteiger partial charge in [0.05, 0.1) is 17.0 Å². The number of sulfonamides is 1.